The number of rotatable bonds is 6. The van der Waals surface area contributed by atoms with Crippen LogP contribution in [0.2, 0.25) is 0 Å². The third-order valence-corrected chi connectivity index (χ3v) is 7.00. The smallest absolute Gasteiger partial charge is 0.243 e. The molecule has 1 aromatic carbocycles. The topological polar surface area (TPSA) is 55.2 Å². The number of nitrogens with zero attached hydrogens (tertiary/aromatic N) is 3. The maximum Gasteiger partial charge on any atom is 0.243 e. The first-order chi connectivity index (χ1) is 12.0. The van der Waals surface area contributed by atoms with Gasteiger partial charge in [-0.05, 0) is 36.5 Å². The highest BCUT2D eigenvalue weighted by Crippen LogP contribution is 2.33. The third kappa shape index (κ3) is 4.12. The molecule has 0 bridgehead atoms. The Bertz CT molecular complexity index is 790. The quantitative estimate of drug-likeness (QED) is 0.789. The highest BCUT2D eigenvalue weighted by molar-refractivity contribution is 7.89. The summed E-state index contributed by atoms with van der Waals surface area (Å²) < 4.78 is 29.1. The van der Waals surface area contributed by atoms with Gasteiger partial charge in [0.2, 0.25) is 10.0 Å². The van der Waals surface area contributed by atoms with Crippen molar-refractivity contribution in [3.05, 3.63) is 47.8 Å². The molecule has 0 radical (unpaired) electrons. The first kappa shape index (κ1) is 18.1. The zero-order valence-electron chi connectivity index (χ0n) is 15.1. The van der Waals surface area contributed by atoms with Crippen molar-refractivity contribution in [3.8, 4) is 0 Å². The van der Waals surface area contributed by atoms with Crippen LogP contribution in [0.15, 0.2) is 41.6 Å². The van der Waals surface area contributed by atoms with Gasteiger partial charge in [-0.3, -0.25) is 4.68 Å². The predicted octanol–water partition coefficient (Wildman–Crippen LogP) is 3.68. The predicted molar refractivity (Wildman–Crippen MR) is 98.7 cm³/mol. The highest BCUT2D eigenvalue weighted by atomic mass is 32.2. The fourth-order valence-corrected chi connectivity index (χ4v) is 5.06. The minimum Gasteiger partial charge on any atom is -0.275 e. The first-order valence-corrected chi connectivity index (χ1v) is 10.5. The van der Waals surface area contributed by atoms with E-state index in [2.05, 4.69) is 5.10 Å². The molecule has 1 heterocycles. The van der Waals surface area contributed by atoms with Gasteiger partial charge in [0.1, 0.15) is 0 Å². The lowest BCUT2D eigenvalue weighted by atomic mass is 9.84. The Morgan fingerprint density at radius 2 is 1.84 bits per heavy atom. The molecule has 2 aromatic rings. The number of hydrogen-bond donors (Lipinski definition) is 0. The minimum absolute atomic E-state index is 0.344. The van der Waals surface area contributed by atoms with Crippen molar-refractivity contribution in [2.24, 2.45) is 7.05 Å². The zero-order valence-corrected chi connectivity index (χ0v) is 15.9. The number of sulfonamides is 1. The standard InChI is InChI=1S/C19H27N3O2S/c1-3-22(15-16-13-20-21(2)14-16)25(23,24)19-11-9-18(10-12-19)17-7-5-4-6-8-17/h9-14,17H,3-8,15H2,1-2H3. The summed E-state index contributed by atoms with van der Waals surface area (Å²) in [6.07, 6.45) is 9.87. The van der Waals surface area contributed by atoms with Crippen LogP contribution in [0.3, 0.4) is 0 Å². The monoisotopic (exact) mass is 361 g/mol. The third-order valence-electron chi connectivity index (χ3n) is 5.06. The van der Waals surface area contributed by atoms with Gasteiger partial charge < -0.3 is 0 Å². The average Bonchev–Trinajstić information content (AvgIpc) is 3.05. The van der Waals surface area contributed by atoms with Gasteiger partial charge in [0.05, 0.1) is 11.1 Å². The molecule has 0 unspecified atom stereocenters. The lowest BCUT2D eigenvalue weighted by Crippen LogP contribution is -2.30. The molecule has 0 aliphatic heterocycles. The molecule has 1 fully saturated rings. The molecule has 0 atom stereocenters. The average molecular weight is 362 g/mol. The second-order valence-corrected chi connectivity index (χ2v) is 8.80. The van der Waals surface area contributed by atoms with Gasteiger partial charge in [-0.1, -0.05) is 38.3 Å². The minimum atomic E-state index is -3.49. The van der Waals surface area contributed by atoms with Gasteiger partial charge in [-0.25, -0.2) is 8.42 Å². The van der Waals surface area contributed by atoms with E-state index in [1.165, 1.54) is 42.0 Å². The van der Waals surface area contributed by atoms with E-state index in [4.69, 9.17) is 0 Å². The van der Waals surface area contributed by atoms with E-state index in [0.29, 0.717) is 23.9 Å². The van der Waals surface area contributed by atoms with E-state index in [1.807, 2.05) is 32.3 Å². The van der Waals surface area contributed by atoms with Crippen molar-refractivity contribution in [1.82, 2.24) is 14.1 Å². The van der Waals surface area contributed by atoms with Crippen molar-refractivity contribution in [2.75, 3.05) is 6.54 Å². The molecule has 0 saturated heterocycles. The highest BCUT2D eigenvalue weighted by Gasteiger charge is 2.24. The lowest BCUT2D eigenvalue weighted by molar-refractivity contribution is 0.423. The van der Waals surface area contributed by atoms with Gasteiger partial charge >= 0.3 is 0 Å². The molecule has 3 rings (SSSR count). The Balaban J connectivity index is 1.77. The molecule has 1 aromatic heterocycles. The molecule has 0 N–H and O–H groups in total. The Morgan fingerprint density at radius 1 is 1.16 bits per heavy atom. The van der Waals surface area contributed by atoms with Gasteiger partial charge in [-0.15, -0.1) is 0 Å². The van der Waals surface area contributed by atoms with Gasteiger partial charge in [0.15, 0.2) is 0 Å². The van der Waals surface area contributed by atoms with Gasteiger partial charge in [0, 0.05) is 31.9 Å². The van der Waals surface area contributed by atoms with Crippen LogP contribution in [0.1, 0.15) is 56.1 Å². The van der Waals surface area contributed by atoms with Crippen LogP contribution in [0.4, 0.5) is 0 Å². The maximum absolute atomic E-state index is 13.0. The summed E-state index contributed by atoms with van der Waals surface area (Å²) in [5.41, 5.74) is 2.17. The summed E-state index contributed by atoms with van der Waals surface area (Å²) in [6.45, 7) is 2.64. The van der Waals surface area contributed by atoms with E-state index in [9.17, 15) is 8.42 Å². The molecule has 1 saturated carbocycles. The molecule has 5 nitrogen and oxygen atoms in total. The Hall–Kier alpha value is -1.66. The Labute approximate surface area is 150 Å². The van der Waals surface area contributed by atoms with Crippen molar-refractivity contribution in [3.63, 3.8) is 0 Å². The van der Waals surface area contributed by atoms with Crippen LogP contribution in [-0.2, 0) is 23.6 Å². The number of aromatic nitrogens is 2. The van der Waals surface area contributed by atoms with Crippen molar-refractivity contribution < 1.29 is 8.42 Å². The van der Waals surface area contributed by atoms with E-state index in [1.54, 1.807) is 23.0 Å². The van der Waals surface area contributed by atoms with Crippen molar-refractivity contribution in [2.45, 2.75) is 56.4 Å². The molecular weight excluding hydrogens is 334 g/mol. The molecule has 25 heavy (non-hydrogen) atoms. The van der Waals surface area contributed by atoms with E-state index in [-0.39, 0.29) is 0 Å². The fourth-order valence-electron chi connectivity index (χ4n) is 3.62. The summed E-state index contributed by atoms with van der Waals surface area (Å²) in [5, 5.41) is 4.12. The molecule has 0 spiro atoms. The fraction of sp³-hybridized carbons (Fsp3) is 0.526. The summed E-state index contributed by atoms with van der Waals surface area (Å²) in [7, 11) is -1.66. The molecule has 1 aliphatic carbocycles. The van der Waals surface area contributed by atoms with Crippen molar-refractivity contribution in [1.29, 1.82) is 0 Å². The zero-order chi connectivity index (χ0) is 17.9. The van der Waals surface area contributed by atoms with Gasteiger partial charge in [-0.2, -0.15) is 9.40 Å². The summed E-state index contributed by atoms with van der Waals surface area (Å²) in [6, 6.07) is 7.54. The van der Waals surface area contributed by atoms with E-state index >= 15 is 0 Å². The first-order valence-electron chi connectivity index (χ1n) is 9.08. The normalized spacial score (nSPS) is 16.4. The van der Waals surface area contributed by atoms with Crippen LogP contribution in [0.5, 0.6) is 0 Å². The largest absolute Gasteiger partial charge is 0.275 e. The summed E-state index contributed by atoms with van der Waals surface area (Å²) >= 11 is 0. The summed E-state index contributed by atoms with van der Waals surface area (Å²) in [5.74, 6) is 0.586. The SMILES string of the molecule is CCN(Cc1cnn(C)c1)S(=O)(=O)c1ccc(C2CCCCC2)cc1. The van der Waals surface area contributed by atoms with Crippen LogP contribution in [0, 0.1) is 0 Å². The maximum atomic E-state index is 13.0. The van der Waals surface area contributed by atoms with Crippen LogP contribution >= 0.6 is 0 Å². The number of aryl methyl sites for hydroxylation is 1. The second-order valence-electron chi connectivity index (χ2n) is 6.86. The van der Waals surface area contributed by atoms with Crippen LogP contribution in [-0.4, -0.2) is 29.0 Å². The molecular formula is C19H27N3O2S. The van der Waals surface area contributed by atoms with Crippen LogP contribution in [0.25, 0.3) is 0 Å². The number of hydrogen-bond acceptors (Lipinski definition) is 3. The molecule has 136 valence electrons. The van der Waals surface area contributed by atoms with E-state index in [0.717, 1.165) is 5.56 Å². The van der Waals surface area contributed by atoms with Gasteiger partial charge in [0.25, 0.3) is 0 Å². The Kier molecular flexibility index (Phi) is 5.59. The molecule has 1 aliphatic rings. The molecule has 6 heteroatoms. The molecule has 0 amide bonds. The summed E-state index contributed by atoms with van der Waals surface area (Å²) in [4.78, 5) is 0.373. The lowest BCUT2D eigenvalue weighted by Gasteiger charge is -2.23. The van der Waals surface area contributed by atoms with Crippen LogP contribution < -0.4 is 0 Å². The second kappa shape index (κ2) is 7.70. The number of benzene rings is 1. The van der Waals surface area contributed by atoms with Crippen molar-refractivity contribution >= 4 is 10.0 Å². The van der Waals surface area contributed by atoms with E-state index < -0.39 is 10.0 Å². The Morgan fingerprint density at radius 3 is 2.40 bits per heavy atom.